The first-order chi connectivity index (χ1) is 43.6. The van der Waals surface area contributed by atoms with E-state index in [2.05, 4.69) is 318 Å². The van der Waals surface area contributed by atoms with Crippen LogP contribution in [0.4, 0.5) is 34.1 Å². The molecule has 0 bridgehead atoms. The van der Waals surface area contributed by atoms with Crippen LogP contribution >= 0.6 is 0 Å². The summed E-state index contributed by atoms with van der Waals surface area (Å²) in [5.74, 6) is 1.25. The average Bonchev–Trinajstić information content (AvgIpc) is 1.58. The number of benzene rings is 11. The summed E-state index contributed by atoms with van der Waals surface area (Å²) >= 11 is 0. The molecule has 4 heteroatoms. The largest absolute Gasteiger partial charge is 0.310 e. The van der Waals surface area contributed by atoms with Gasteiger partial charge in [-0.3, -0.25) is 0 Å². The Balaban J connectivity index is 1.09. The van der Waals surface area contributed by atoms with Crippen LogP contribution in [0.3, 0.4) is 0 Å². The normalized spacial score (nSPS) is 12.5. The van der Waals surface area contributed by atoms with E-state index in [-0.39, 0.29) is 5.41 Å². The molecule has 0 saturated heterocycles. The maximum Gasteiger partial charge on any atom is 0.0634 e. The van der Waals surface area contributed by atoms with Gasteiger partial charge in [-0.1, -0.05) is 172 Å². The van der Waals surface area contributed by atoms with Gasteiger partial charge in [0.1, 0.15) is 0 Å². The van der Waals surface area contributed by atoms with Gasteiger partial charge in [-0.25, -0.2) is 0 Å². The van der Waals surface area contributed by atoms with Gasteiger partial charge in [0.2, 0.25) is 0 Å². The summed E-state index contributed by atoms with van der Waals surface area (Å²) in [6.45, 7) is 39.4. The molecule has 0 spiro atoms. The minimum Gasteiger partial charge on any atom is -0.310 e. The molecule has 4 aromatic heterocycles. The monoisotopic (exact) mass is 1180 g/mol. The van der Waals surface area contributed by atoms with E-state index in [0.29, 0.717) is 17.8 Å². The lowest BCUT2D eigenvalue weighted by Crippen LogP contribution is -2.17. The molecule has 4 heterocycles. The Morgan fingerprint density at radius 2 is 0.604 bits per heavy atom. The number of nitrogens with zero attached hydrogens (tertiary/aromatic N) is 4. The quantitative estimate of drug-likeness (QED) is 0.128. The van der Waals surface area contributed by atoms with E-state index in [9.17, 15) is 0 Å². The van der Waals surface area contributed by atoms with E-state index in [1.54, 1.807) is 0 Å². The molecule has 11 aromatic carbocycles. The van der Waals surface area contributed by atoms with Gasteiger partial charge < -0.3 is 18.6 Å². The van der Waals surface area contributed by atoms with Gasteiger partial charge in [0, 0.05) is 88.3 Å². The number of anilines is 6. The van der Waals surface area contributed by atoms with Crippen molar-refractivity contribution in [2.24, 2.45) is 0 Å². The standard InChI is InChI=1S/C87H84N4/c1-48(2)75-51(7)38-63(39-52(75)8)88(64-40-53(9)76(49(3)4)54(10)41-64)61-34-36-67-69-30-24-32-71-80-79(60-28-22-19-23-29-60)86-81(78(59-26-20-18-21-27-59)85(80)90(83(69)71)73(67)46-61)72-33-25-31-70-68-37-35-62(47-74(68)91(86)84(70)72)89(65-42-55(11)77(50(5)6)56(12)43-65)66-44-57(13)82(58(14)45-66)87(15,16)17/h18-50H,1-17H3. The molecule has 0 radical (unpaired) electrons. The lowest BCUT2D eigenvalue weighted by molar-refractivity contribution is 0.582. The minimum absolute atomic E-state index is 0.00223. The first-order valence-corrected chi connectivity index (χ1v) is 33.2. The highest BCUT2D eigenvalue weighted by Crippen LogP contribution is 2.55. The molecule has 0 saturated carbocycles. The van der Waals surface area contributed by atoms with Gasteiger partial charge in [0.05, 0.1) is 33.1 Å². The van der Waals surface area contributed by atoms with Crippen LogP contribution in [0.5, 0.6) is 0 Å². The summed E-state index contributed by atoms with van der Waals surface area (Å²) in [4.78, 5) is 5.07. The number of aryl methyl sites for hydroxylation is 8. The number of fused-ring (bicyclic) bond motifs is 12. The van der Waals surface area contributed by atoms with Crippen LogP contribution < -0.4 is 9.80 Å². The van der Waals surface area contributed by atoms with E-state index in [1.807, 2.05) is 0 Å². The molecule has 0 N–H and O–H groups in total. The Labute approximate surface area is 537 Å². The van der Waals surface area contributed by atoms with Crippen molar-refractivity contribution in [1.29, 1.82) is 0 Å². The maximum absolute atomic E-state index is 2.68. The van der Waals surface area contributed by atoms with Gasteiger partial charge in [-0.15, -0.1) is 0 Å². The van der Waals surface area contributed by atoms with Crippen molar-refractivity contribution in [2.75, 3.05) is 9.80 Å². The second kappa shape index (κ2) is 21.1. The highest BCUT2D eigenvalue weighted by atomic mass is 15.2. The van der Waals surface area contributed by atoms with Gasteiger partial charge in [0.15, 0.2) is 0 Å². The SMILES string of the molecule is Cc1cc(N(c2cc(C)c(C(C)C)c(C)c2)c2ccc3c4cccc5c6c(-c7ccccc7)c7c(c(-c8ccccc8)c6n(c3c2)c45)c2cccc3c4ccc(N(c5cc(C)c(C(C)C)c(C)c5)c5cc(C)c(C(C)(C)C)c(C)c5)cc4n7c32)cc(C)c1C(C)C. The molecule has 15 rings (SSSR count). The summed E-state index contributed by atoms with van der Waals surface area (Å²) in [7, 11) is 0. The zero-order valence-corrected chi connectivity index (χ0v) is 56.3. The van der Waals surface area contributed by atoms with E-state index in [1.165, 1.54) is 188 Å². The summed E-state index contributed by atoms with van der Waals surface area (Å²) in [6, 6.07) is 70.8. The fraction of sp³-hybridized carbons (Fsp3) is 0.241. The number of hydrogen-bond donors (Lipinski definition) is 0. The van der Waals surface area contributed by atoms with Crippen molar-refractivity contribution < 1.29 is 0 Å². The zero-order chi connectivity index (χ0) is 63.5. The van der Waals surface area contributed by atoms with Gasteiger partial charge in [-0.2, -0.15) is 0 Å². The number of para-hydroxylation sites is 2. The molecule has 0 amide bonds. The summed E-state index contributed by atoms with van der Waals surface area (Å²) in [5, 5.41) is 10.0. The van der Waals surface area contributed by atoms with Crippen molar-refractivity contribution in [3.05, 3.63) is 249 Å². The molecular weight excluding hydrogens is 1100 g/mol. The summed E-state index contributed by atoms with van der Waals surface area (Å²) in [5.41, 5.74) is 35.4. The third-order valence-corrected chi connectivity index (χ3v) is 20.4. The van der Waals surface area contributed by atoms with Crippen molar-refractivity contribution in [1.82, 2.24) is 8.80 Å². The van der Waals surface area contributed by atoms with Crippen LogP contribution in [-0.2, 0) is 5.41 Å². The van der Waals surface area contributed by atoms with Gasteiger partial charge in [0.25, 0.3) is 0 Å². The highest BCUT2D eigenvalue weighted by molar-refractivity contribution is 6.38. The van der Waals surface area contributed by atoms with Crippen LogP contribution in [-0.4, -0.2) is 8.80 Å². The predicted molar refractivity (Wildman–Crippen MR) is 395 cm³/mol. The fourth-order valence-corrected chi connectivity index (χ4v) is 17.8. The Kier molecular flexibility index (Phi) is 13.5. The molecule has 452 valence electrons. The van der Waals surface area contributed by atoms with Gasteiger partial charge in [-0.05, 0) is 229 Å². The minimum atomic E-state index is 0.00223. The molecule has 15 aromatic rings. The van der Waals surface area contributed by atoms with Crippen molar-refractivity contribution >= 4 is 110 Å². The van der Waals surface area contributed by atoms with Crippen molar-refractivity contribution in [3.63, 3.8) is 0 Å². The van der Waals surface area contributed by atoms with E-state index < -0.39 is 0 Å². The Morgan fingerprint density at radius 1 is 0.297 bits per heavy atom. The fourth-order valence-electron chi connectivity index (χ4n) is 17.8. The Morgan fingerprint density at radius 3 is 0.912 bits per heavy atom. The van der Waals surface area contributed by atoms with Crippen LogP contribution in [0.15, 0.2) is 182 Å². The number of aromatic nitrogens is 2. The van der Waals surface area contributed by atoms with Gasteiger partial charge >= 0.3 is 0 Å². The van der Waals surface area contributed by atoms with Crippen molar-refractivity contribution in [2.45, 2.75) is 141 Å². The van der Waals surface area contributed by atoms with Crippen LogP contribution in [0, 0.1) is 55.4 Å². The van der Waals surface area contributed by atoms with E-state index in [4.69, 9.17) is 0 Å². The number of hydrogen-bond acceptors (Lipinski definition) is 2. The van der Waals surface area contributed by atoms with Crippen LogP contribution in [0.1, 0.15) is 147 Å². The average molecular weight is 1190 g/mol. The molecule has 0 aliphatic carbocycles. The van der Waals surface area contributed by atoms with Crippen LogP contribution in [0.2, 0.25) is 0 Å². The van der Waals surface area contributed by atoms with Crippen molar-refractivity contribution in [3.8, 4) is 22.3 Å². The maximum atomic E-state index is 2.68. The lowest BCUT2D eigenvalue weighted by Gasteiger charge is -2.31. The zero-order valence-electron chi connectivity index (χ0n) is 56.3. The topological polar surface area (TPSA) is 15.3 Å². The second-order valence-corrected chi connectivity index (χ2v) is 28.7. The molecule has 0 aliphatic heterocycles. The van der Waals surface area contributed by atoms with E-state index in [0.717, 1.165) is 11.4 Å². The molecule has 0 atom stereocenters. The van der Waals surface area contributed by atoms with Crippen LogP contribution in [0.25, 0.3) is 98.4 Å². The Bertz CT molecular complexity index is 5290. The second-order valence-electron chi connectivity index (χ2n) is 28.7. The third kappa shape index (κ3) is 8.75. The molecule has 91 heavy (non-hydrogen) atoms. The molecule has 0 fully saturated rings. The summed E-state index contributed by atoms with van der Waals surface area (Å²) in [6.07, 6.45) is 0. The molecule has 0 unspecified atom stereocenters. The molecular formula is C87H84N4. The molecule has 0 aliphatic rings. The van der Waals surface area contributed by atoms with E-state index >= 15 is 0 Å². The number of rotatable bonds is 11. The first-order valence-electron chi connectivity index (χ1n) is 33.2. The smallest absolute Gasteiger partial charge is 0.0634 e. The first kappa shape index (κ1) is 58.0. The third-order valence-electron chi connectivity index (χ3n) is 20.4. The Hall–Kier alpha value is -9.38. The lowest BCUT2D eigenvalue weighted by atomic mass is 9.81. The predicted octanol–water partition coefficient (Wildman–Crippen LogP) is 25.4. The molecule has 4 nitrogen and oxygen atoms in total. The highest BCUT2D eigenvalue weighted by Gasteiger charge is 2.32. The summed E-state index contributed by atoms with van der Waals surface area (Å²) < 4.78 is 5.35.